The molecule has 5 N–H and O–H groups in total. The molecule has 1 aliphatic rings. The van der Waals surface area contributed by atoms with Gasteiger partial charge in [0.25, 0.3) is 6.47 Å². The minimum atomic E-state index is -0.581. The van der Waals surface area contributed by atoms with Gasteiger partial charge in [-0.05, 0) is 36.6 Å². The number of hydrogen-bond donors (Lipinski definition) is 5. The average Bonchev–Trinajstić information content (AvgIpc) is 3.37. The summed E-state index contributed by atoms with van der Waals surface area (Å²) in [5, 5.41) is 20.9. The Kier molecular flexibility index (Phi) is 6.24. The maximum atomic E-state index is 14.2. The summed E-state index contributed by atoms with van der Waals surface area (Å²) < 4.78 is 28.0. The summed E-state index contributed by atoms with van der Waals surface area (Å²) in [5.41, 5.74) is 2.51. The third kappa shape index (κ3) is 4.66. The SMILES string of the molecule is Fc1cc(CNc2ncc(F)c(Nc3cc(C4CCC4)[nH]n3)n2)c2cc[nH]c2c1.O=CO. The molecule has 9 nitrogen and oxygen atoms in total. The normalized spacial score (nSPS) is 13.2. The lowest BCUT2D eigenvalue weighted by atomic mass is 9.83. The molecule has 1 aliphatic carbocycles. The van der Waals surface area contributed by atoms with Crippen molar-refractivity contribution in [2.45, 2.75) is 31.7 Å². The summed E-state index contributed by atoms with van der Waals surface area (Å²) in [6.45, 7) is 0.0470. The van der Waals surface area contributed by atoms with E-state index in [2.05, 4.69) is 35.8 Å². The molecule has 0 unspecified atom stereocenters. The average molecular weight is 441 g/mol. The number of fused-ring (bicyclic) bond motifs is 1. The number of rotatable bonds is 6. The molecule has 4 aromatic rings. The molecule has 1 fully saturated rings. The van der Waals surface area contributed by atoms with Crippen LogP contribution in [0, 0.1) is 11.6 Å². The molecule has 0 atom stereocenters. The quantitative estimate of drug-likeness (QED) is 0.282. The number of benzene rings is 1. The molecular formula is C21H21F2N7O2. The van der Waals surface area contributed by atoms with Crippen LogP contribution in [0.5, 0.6) is 0 Å². The van der Waals surface area contributed by atoms with Gasteiger partial charge in [0.05, 0.1) is 6.20 Å². The number of carbonyl (C=O) groups is 1. The molecule has 0 aliphatic heterocycles. The van der Waals surface area contributed by atoms with Crippen LogP contribution in [0.4, 0.5) is 26.4 Å². The van der Waals surface area contributed by atoms with Crippen LogP contribution in [-0.4, -0.2) is 36.7 Å². The van der Waals surface area contributed by atoms with Crippen molar-refractivity contribution >= 4 is 35.0 Å². The van der Waals surface area contributed by atoms with Gasteiger partial charge < -0.3 is 20.7 Å². The summed E-state index contributed by atoms with van der Waals surface area (Å²) >= 11 is 0. The minimum Gasteiger partial charge on any atom is -0.483 e. The molecule has 0 radical (unpaired) electrons. The van der Waals surface area contributed by atoms with Gasteiger partial charge in [0, 0.05) is 41.3 Å². The highest BCUT2D eigenvalue weighted by molar-refractivity contribution is 5.83. The van der Waals surface area contributed by atoms with Crippen LogP contribution in [0.3, 0.4) is 0 Å². The maximum absolute atomic E-state index is 14.2. The molecule has 5 rings (SSSR count). The first-order valence-electron chi connectivity index (χ1n) is 9.99. The molecule has 32 heavy (non-hydrogen) atoms. The first-order chi connectivity index (χ1) is 15.6. The zero-order chi connectivity index (χ0) is 22.5. The Balaban J connectivity index is 0.000000775. The van der Waals surface area contributed by atoms with E-state index in [0.29, 0.717) is 23.8 Å². The number of halogens is 2. The first-order valence-corrected chi connectivity index (χ1v) is 9.99. The van der Waals surface area contributed by atoms with Gasteiger partial charge in [0.1, 0.15) is 5.82 Å². The number of H-pyrrole nitrogens is 2. The Morgan fingerprint density at radius 1 is 1.25 bits per heavy atom. The van der Waals surface area contributed by atoms with E-state index in [1.54, 1.807) is 6.20 Å². The van der Waals surface area contributed by atoms with Gasteiger partial charge in [0.2, 0.25) is 5.95 Å². The van der Waals surface area contributed by atoms with E-state index in [0.717, 1.165) is 35.7 Å². The van der Waals surface area contributed by atoms with Crippen molar-refractivity contribution in [3.05, 3.63) is 59.6 Å². The number of carboxylic acid groups (broad SMARTS) is 1. The van der Waals surface area contributed by atoms with Gasteiger partial charge in [0.15, 0.2) is 17.5 Å². The molecular weight excluding hydrogens is 420 g/mol. The van der Waals surface area contributed by atoms with Crippen LogP contribution in [0.1, 0.15) is 36.4 Å². The van der Waals surface area contributed by atoms with Crippen molar-refractivity contribution in [3.63, 3.8) is 0 Å². The zero-order valence-electron chi connectivity index (χ0n) is 16.9. The van der Waals surface area contributed by atoms with Crippen molar-refractivity contribution in [1.29, 1.82) is 0 Å². The molecule has 3 aromatic heterocycles. The molecule has 0 spiro atoms. The lowest BCUT2D eigenvalue weighted by molar-refractivity contribution is -0.122. The summed E-state index contributed by atoms with van der Waals surface area (Å²) in [7, 11) is 0. The molecule has 1 saturated carbocycles. The van der Waals surface area contributed by atoms with Gasteiger partial charge >= 0.3 is 0 Å². The number of aromatic nitrogens is 5. The van der Waals surface area contributed by atoms with Crippen molar-refractivity contribution in [1.82, 2.24) is 25.1 Å². The predicted molar refractivity (Wildman–Crippen MR) is 115 cm³/mol. The third-order valence-electron chi connectivity index (χ3n) is 5.29. The van der Waals surface area contributed by atoms with E-state index in [1.807, 2.05) is 12.1 Å². The highest BCUT2D eigenvalue weighted by Crippen LogP contribution is 2.36. The zero-order valence-corrected chi connectivity index (χ0v) is 16.9. The summed E-state index contributed by atoms with van der Waals surface area (Å²) in [5.74, 6) is 0.357. The van der Waals surface area contributed by atoms with Crippen LogP contribution in [0.2, 0.25) is 0 Å². The molecule has 0 bridgehead atoms. The molecule has 0 amide bonds. The standard InChI is InChI=1S/C20H19F2N7.CH2O2/c21-13-6-12(14-4-5-23-17(14)7-13)9-24-20-25-10-15(22)19(27-20)26-18-8-16(28-29-18)11-2-1-3-11;2-1-3/h4-8,10-11,23H,1-3,9H2,(H3,24,25,26,27,28,29);1H,(H,2,3). The van der Waals surface area contributed by atoms with Gasteiger partial charge in [-0.2, -0.15) is 10.1 Å². The molecule has 0 saturated heterocycles. The predicted octanol–water partition coefficient (Wildman–Crippen LogP) is 4.28. The van der Waals surface area contributed by atoms with Crippen LogP contribution < -0.4 is 10.6 Å². The second-order valence-electron chi connectivity index (χ2n) is 7.31. The highest BCUT2D eigenvalue weighted by atomic mass is 19.1. The number of hydrogen-bond acceptors (Lipinski definition) is 6. The smallest absolute Gasteiger partial charge is 0.290 e. The Hall–Kier alpha value is -4.02. The van der Waals surface area contributed by atoms with Crippen LogP contribution >= 0.6 is 0 Å². The van der Waals surface area contributed by atoms with Gasteiger partial charge in [-0.1, -0.05) is 6.42 Å². The monoisotopic (exact) mass is 441 g/mol. The lowest BCUT2D eigenvalue weighted by Crippen LogP contribution is -2.08. The summed E-state index contributed by atoms with van der Waals surface area (Å²) in [6, 6.07) is 6.66. The molecule has 166 valence electrons. The van der Waals surface area contributed by atoms with Gasteiger partial charge in [-0.3, -0.25) is 9.89 Å². The van der Waals surface area contributed by atoms with E-state index in [-0.39, 0.29) is 24.1 Å². The Bertz CT molecular complexity index is 1220. The van der Waals surface area contributed by atoms with Crippen LogP contribution in [-0.2, 0) is 11.3 Å². The van der Waals surface area contributed by atoms with Crippen LogP contribution in [0.15, 0.2) is 36.7 Å². The first kappa shape index (κ1) is 21.2. The van der Waals surface area contributed by atoms with Crippen LogP contribution in [0.25, 0.3) is 10.9 Å². The maximum Gasteiger partial charge on any atom is 0.290 e. The number of nitrogens with one attached hydrogen (secondary N) is 4. The van der Waals surface area contributed by atoms with Crippen molar-refractivity contribution in [2.75, 3.05) is 10.6 Å². The fourth-order valence-electron chi connectivity index (χ4n) is 3.52. The number of nitrogens with zero attached hydrogens (tertiary/aromatic N) is 3. The van der Waals surface area contributed by atoms with E-state index in [9.17, 15) is 8.78 Å². The van der Waals surface area contributed by atoms with Crippen molar-refractivity contribution < 1.29 is 18.7 Å². The lowest BCUT2D eigenvalue weighted by Gasteiger charge is -2.23. The summed E-state index contributed by atoms with van der Waals surface area (Å²) in [4.78, 5) is 19.5. The largest absolute Gasteiger partial charge is 0.483 e. The van der Waals surface area contributed by atoms with E-state index < -0.39 is 5.82 Å². The third-order valence-corrected chi connectivity index (χ3v) is 5.29. The van der Waals surface area contributed by atoms with Gasteiger partial charge in [-0.25, -0.2) is 13.8 Å². The highest BCUT2D eigenvalue weighted by Gasteiger charge is 2.21. The minimum absolute atomic E-state index is 0.0280. The fraction of sp³-hybridized carbons (Fsp3) is 0.238. The Morgan fingerprint density at radius 3 is 2.81 bits per heavy atom. The van der Waals surface area contributed by atoms with E-state index in [4.69, 9.17) is 9.90 Å². The molecule has 3 heterocycles. The molecule has 11 heteroatoms. The Morgan fingerprint density at radius 2 is 2.06 bits per heavy atom. The molecule has 1 aromatic carbocycles. The number of aromatic amines is 2. The summed E-state index contributed by atoms with van der Waals surface area (Å²) in [6.07, 6.45) is 6.36. The topological polar surface area (TPSA) is 132 Å². The second kappa shape index (κ2) is 9.41. The van der Waals surface area contributed by atoms with E-state index in [1.165, 1.54) is 18.6 Å². The fourth-order valence-corrected chi connectivity index (χ4v) is 3.52. The number of anilines is 3. The van der Waals surface area contributed by atoms with E-state index >= 15 is 0 Å². The van der Waals surface area contributed by atoms with Crippen molar-refractivity contribution in [3.8, 4) is 0 Å². The second-order valence-corrected chi connectivity index (χ2v) is 7.31. The van der Waals surface area contributed by atoms with Gasteiger partial charge in [-0.15, -0.1) is 0 Å². The van der Waals surface area contributed by atoms with Crippen molar-refractivity contribution in [2.24, 2.45) is 0 Å². The Labute approximate surface area is 181 Å².